The number of aliphatic imine (C=N–C) groups is 1. The van der Waals surface area contributed by atoms with Crippen molar-refractivity contribution in [2.75, 3.05) is 11.9 Å². The van der Waals surface area contributed by atoms with Crippen LogP contribution in [0, 0.1) is 11.8 Å². The third-order valence-corrected chi connectivity index (χ3v) is 5.40. The van der Waals surface area contributed by atoms with Crippen molar-refractivity contribution in [3.8, 4) is 0 Å². The summed E-state index contributed by atoms with van der Waals surface area (Å²) >= 11 is 0. The van der Waals surface area contributed by atoms with Crippen molar-refractivity contribution in [3.63, 3.8) is 0 Å². The molecule has 1 aromatic carbocycles. The number of nitrogens with two attached hydrogens (primary N) is 1. The fourth-order valence-electron chi connectivity index (χ4n) is 3.53. The minimum atomic E-state index is 0.155. The number of benzene rings is 1. The standard InChI is InChI=1S/C20H30N4O/c21-20(22-13-15-6-4-7-15)23-14-16-8-5-11-18(12-16)24-19(25)17-9-2-1-3-10-17/h5,8,11-12,15,17H,1-4,6-7,9-10,13-14H2,(H,24,25)(H3,21,22,23). The van der Waals surface area contributed by atoms with Crippen molar-refractivity contribution >= 4 is 17.6 Å². The van der Waals surface area contributed by atoms with Crippen LogP contribution in [0.15, 0.2) is 29.3 Å². The summed E-state index contributed by atoms with van der Waals surface area (Å²) in [6.45, 7) is 1.45. The highest BCUT2D eigenvalue weighted by atomic mass is 16.1. The lowest BCUT2D eigenvalue weighted by Crippen LogP contribution is -2.37. The Balaban J connectivity index is 1.49. The van der Waals surface area contributed by atoms with Crippen LogP contribution in [-0.2, 0) is 11.3 Å². The summed E-state index contributed by atoms with van der Waals surface area (Å²) in [5.41, 5.74) is 7.84. The van der Waals surface area contributed by atoms with Crippen molar-refractivity contribution in [2.24, 2.45) is 22.6 Å². The van der Waals surface area contributed by atoms with Crippen molar-refractivity contribution < 1.29 is 4.79 Å². The average molecular weight is 342 g/mol. The first kappa shape index (κ1) is 17.8. The monoisotopic (exact) mass is 342 g/mol. The van der Waals surface area contributed by atoms with Crippen LogP contribution in [0.25, 0.3) is 0 Å². The van der Waals surface area contributed by atoms with Crippen LogP contribution in [0.4, 0.5) is 5.69 Å². The fourth-order valence-corrected chi connectivity index (χ4v) is 3.53. The van der Waals surface area contributed by atoms with Gasteiger partial charge in [-0.25, -0.2) is 4.99 Å². The second kappa shape index (κ2) is 8.88. The van der Waals surface area contributed by atoms with Crippen LogP contribution in [0.3, 0.4) is 0 Å². The number of guanidine groups is 1. The van der Waals surface area contributed by atoms with Gasteiger partial charge in [0.25, 0.3) is 0 Å². The van der Waals surface area contributed by atoms with Crippen LogP contribution in [0.5, 0.6) is 0 Å². The molecule has 0 radical (unpaired) electrons. The zero-order chi connectivity index (χ0) is 17.5. The maximum absolute atomic E-state index is 12.4. The molecule has 25 heavy (non-hydrogen) atoms. The van der Waals surface area contributed by atoms with Gasteiger partial charge in [-0.2, -0.15) is 0 Å². The van der Waals surface area contributed by atoms with E-state index in [2.05, 4.69) is 15.6 Å². The smallest absolute Gasteiger partial charge is 0.227 e. The first-order valence-corrected chi connectivity index (χ1v) is 9.64. The molecule has 1 aromatic rings. The van der Waals surface area contributed by atoms with Crippen molar-refractivity contribution in [3.05, 3.63) is 29.8 Å². The van der Waals surface area contributed by atoms with Gasteiger partial charge in [0.2, 0.25) is 5.91 Å². The topological polar surface area (TPSA) is 79.5 Å². The molecule has 0 unspecified atom stereocenters. The van der Waals surface area contributed by atoms with Crippen LogP contribution in [0.2, 0.25) is 0 Å². The molecule has 0 aromatic heterocycles. The normalized spacial score (nSPS) is 19.3. The highest BCUT2D eigenvalue weighted by Crippen LogP contribution is 2.26. The lowest BCUT2D eigenvalue weighted by molar-refractivity contribution is -0.120. The van der Waals surface area contributed by atoms with E-state index in [4.69, 9.17) is 5.73 Å². The third-order valence-electron chi connectivity index (χ3n) is 5.40. The van der Waals surface area contributed by atoms with E-state index in [9.17, 15) is 4.79 Å². The summed E-state index contributed by atoms with van der Waals surface area (Å²) in [6.07, 6.45) is 9.54. The maximum Gasteiger partial charge on any atom is 0.227 e. The zero-order valence-electron chi connectivity index (χ0n) is 15.0. The largest absolute Gasteiger partial charge is 0.370 e. The van der Waals surface area contributed by atoms with Gasteiger partial charge in [0, 0.05) is 18.2 Å². The van der Waals surface area contributed by atoms with Crippen LogP contribution >= 0.6 is 0 Å². The first-order valence-electron chi connectivity index (χ1n) is 9.64. The third kappa shape index (κ3) is 5.48. The second-order valence-electron chi connectivity index (χ2n) is 7.40. The van der Waals surface area contributed by atoms with E-state index in [1.54, 1.807) is 0 Å². The molecule has 0 saturated heterocycles. The van der Waals surface area contributed by atoms with E-state index >= 15 is 0 Å². The lowest BCUT2D eigenvalue weighted by atomic mass is 9.85. The summed E-state index contributed by atoms with van der Waals surface area (Å²) in [5, 5.41) is 6.26. The first-order chi connectivity index (χ1) is 12.2. The molecule has 4 N–H and O–H groups in total. The van der Waals surface area contributed by atoms with E-state index in [-0.39, 0.29) is 11.8 Å². The highest BCUT2D eigenvalue weighted by molar-refractivity contribution is 5.92. The Morgan fingerprint density at radius 1 is 1.12 bits per heavy atom. The highest BCUT2D eigenvalue weighted by Gasteiger charge is 2.21. The van der Waals surface area contributed by atoms with Gasteiger partial charge >= 0.3 is 0 Å². The van der Waals surface area contributed by atoms with Crippen LogP contribution in [-0.4, -0.2) is 18.4 Å². The Labute approximate surface area is 150 Å². The van der Waals surface area contributed by atoms with Crippen LogP contribution < -0.4 is 16.4 Å². The van der Waals surface area contributed by atoms with Gasteiger partial charge in [-0.15, -0.1) is 0 Å². The van der Waals surface area contributed by atoms with Gasteiger partial charge in [-0.1, -0.05) is 37.8 Å². The van der Waals surface area contributed by atoms with E-state index in [0.717, 1.165) is 36.6 Å². The number of hydrogen-bond donors (Lipinski definition) is 3. The van der Waals surface area contributed by atoms with Crippen LogP contribution in [0.1, 0.15) is 56.9 Å². The van der Waals surface area contributed by atoms with Gasteiger partial charge < -0.3 is 16.4 Å². The van der Waals surface area contributed by atoms with Gasteiger partial charge in [0.15, 0.2) is 5.96 Å². The molecule has 2 aliphatic rings. The Morgan fingerprint density at radius 2 is 1.92 bits per heavy atom. The Morgan fingerprint density at radius 3 is 2.64 bits per heavy atom. The molecule has 3 rings (SSSR count). The number of rotatable bonds is 6. The molecular formula is C20H30N4O. The summed E-state index contributed by atoms with van der Waals surface area (Å²) in [6, 6.07) is 7.90. The molecule has 1 amide bonds. The predicted molar refractivity (Wildman–Crippen MR) is 102 cm³/mol. The van der Waals surface area contributed by atoms with E-state index in [1.165, 1.54) is 38.5 Å². The minimum Gasteiger partial charge on any atom is -0.370 e. The van der Waals surface area contributed by atoms with E-state index in [0.29, 0.717) is 12.5 Å². The Bertz CT molecular complexity index is 603. The number of nitrogens with one attached hydrogen (secondary N) is 2. The SMILES string of the molecule is NC(=NCc1cccc(NC(=O)C2CCCCC2)c1)NCC1CCC1. The Kier molecular flexibility index (Phi) is 6.31. The number of anilines is 1. The molecule has 0 heterocycles. The fraction of sp³-hybridized carbons (Fsp3) is 0.600. The van der Waals surface area contributed by atoms with Crippen molar-refractivity contribution in [1.82, 2.24) is 5.32 Å². The summed E-state index contributed by atoms with van der Waals surface area (Å²) in [7, 11) is 0. The van der Waals surface area contributed by atoms with Gasteiger partial charge in [0.1, 0.15) is 0 Å². The number of hydrogen-bond acceptors (Lipinski definition) is 2. The molecule has 2 aliphatic carbocycles. The number of carbonyl (C=O) groups is 1. The molecule has 5 heteroatoms. The van der Waals surface area contributed by atoms with E-state index < -0.39 is 0 Å². The van der Waals surface area contributed by atoms with Gasteiger partial charge in [0.05, 0.1) is 6.54 Å². The lowest BCUT2D eigenvalue weighted by Gasteiger charge is -2.25. The number of amides is 1. The summed E-state index contributed by atoms with van der Waals surface area (Å²) in [5.74, 6) is 1.58. The molecular weight excluding hydrogens is 312 g/mol. The number of nitrogens with zero attached hydrogens (tertiary/aromatic N) is 1. The molecule has 136 valence electrons. The van der Waals surface area contributed by atoms with Crippen molar-refractivity contribution in [2.45, 2.75) is 57.9 Å². The van der Waals surface area contributed by atoms with E-state index in [1.807, 2.05) is 24.3 Å². The maximum atomic E-state index is 12.4. The Hall–Kier alpha value is -2.04. The minimum absolute atomic E-state index is 0.155. The molecule has 2 saturated carbocycles. The molecule has 5 nitrogen and oxygen atoms in total. The molecule has 0 aliphatic heterocycles. The van der Waals surface area contributed by atoms with Gasteiger partial charge in [-0.05, 0) is 49.3 Å². The van der Waals surface area contributed by atoms with Gasteiger partial charge in [-0.3, -0.25) is 4.79 Å². The molecule has 2 fully saturated rings. The number of carbonyl (C=O) groups excluding carboxylic acids is 1. The summed E-state index contributed by atoms with van der Waals surface area (Å²) < 4.78 is 0. The average Bonchev–Trinajstić information content (AvgIpc) is 2.60. The quantitative estimate of drug-likeness (QED) is 0.547. The molecule has 0 spiro atoms. The zero-order valence-corrected chi connectivity index (χ0v) is 15.0. The second-order valence-corrected chi connectivity index (χ2v) is 7.40. The van der Waals surface area contributed by atoms with Crippen molar-refractivity contribution in [1.29, 1.82) is 0 Å². The predicted octanol–water partition coefficient (Wildman–Crippen LogP) is 3.41. The molecule has 0 atom stereocenters. The summed E-state index contributed by atoms with van der Waals surface area (Å²) in [4.78, 5) is 16.8. The molecule has 0 bridgehead atoms.